The van der Waals surface area contributed by atoms with Gasteiger partial charge in [0.05, 0.1) is 26.9 Å². The molecule has 5 nitrogen and oxygen atoms in total. The van der Waals surface area contributed by atoms with Crippen molar-refractivity contribution in [2.45, 2.75) is 13.0 Å². The van der Waals surface area contributed by atoms with Crippen molar-refractivity contribution in [2.75, 3.05) is 48.0 Å². The molecule has 0 saturated carbocycles. The van der Waals surface area contributed by atoms with Crippen LogP contribution in [0, 0.1) is 5.92 Å². The molecule has 1 fully saturated rings. The molecule has 2 rings (SSSR count). The average Bonchev–Trinajstić information content (AvgIpc) is 2.95. The largest absolute Gasteiger partial charge is 0.496 e. The molecule has 0 radical (unpaired) electrons. The molecule has 0 spiro atoms. The van der Waals surface area contributed by atoms with E-state index < -0.39 is 0 Å². The Morgan fingerprint density at radius 3 is 2.27 bits per heavy atom. The van der Waals surface area contributed by atoms with Crippen molar-refractivity contribution in [3.63, 3.8) is 0 Å². The van der Waals surface area contributed by atoms with Gasteiger partial charge in [-0.05, 0) is 32.5 Å². The van der Waals surface area contributed by atoms with Crippen molar-refractivity contribution in [3.05, 3.63) is 17.7 Å². The van der Waals surface area contributed by atoms with Crippen molar-refractivity contribution in [3.8, 4) is 17.2 Å². The van der Waals surface area contributed by atoms with Gasteiger partial charge in [-0.2, -0.15) is 0 Å². The van der Waals surface area contributed by atoms with Crippen LogP contribution in [0.4, 0.5) is 0 Å². The first kappa shape index (κ1) is 18.9. The highest BCUT2D eigenvalue weighted by atomic mass is 35.5. The third-order valence-electron chi connectivity index (χ3n) is 4.06. The minimum Gasteiger partial charge on any atom is -0.496 e. The lowest BCUT2D eigenvalue weighted by atomic mass is 10.1. The van der Waals surface area contributed by atoms with Crippen molar-refractivity contribution >= 4 is 12.4 Å². The molecule has 1 heterocycles. The van der Waals surface area contributed by atoms with Gasteiger partial charge in [0.2, 0.25) is 0 Å². The van der Waals surface area contributed by atoms with Gasteiger partial charge in [0.25, 0.3) is 0 Å². The van der Waals surface area contributed by atoms with Gasteiger partial charge in [0, 0.05) is 25.2 Å². The second kappa shape index (κ2) is 9.08. The maximum absolute atomic E-state index is 5.52. The first-order valence-electron chi connectivity index (χ1n) is 7.37. The second-order valence-electron chi connectivity index (χ2n) is 5.46. The summed E-state index contributed by atoms with van der Waals surface area (Å²) in [5, 5.41) is 3.26. The van der Waals surface area contributed by atoms with E-state index in [4.69, 9.17) is 14.2 Å². The van der Waals surface area contributed by atoms with Crippen molar-refractivity contribution < 1.29 is 14.2 Å². The number of hydrogen-bond donors (Lipinski definition) is 1. The van der Waals surface area contributed by atoms with Crippen LogP contribution in [-0.2, 0) is 6.54 Å². The molecule has 1 atom stereocenters. The van der Waals surface area contributed by atoms with E-state index in [1.54, 1.807) is 21.3 Å². The van der Waals surface area contributed by atoms with Crippen LogP contribution in [0.15, 0.2) is 12.1 Å². The molecular formula is C16H27ClN2O3. The van der Waals surface area contributed by atoms with Crippen molar-refractivity contribution in [1.29, 1.82) is 0 Å². The standard InChI is InChI=1S/C16H26N2O3.ClH/c1-17-9-12-5-6-18(10-12)11-14-15(20-3)7-13(19-2)8-16(14)21-4;/h7-8,12,17H,5-6,9-11H2,1-4H3;1H. The van der Waals surface area contributed by atoms with E-state index in [0.717, 1.165) is 54.9 Å². The zero-order valence-electron chi connectivity index (χ0n) is 13.8. The lowest BCUT2D eigenvalue weighted by Crippen LogP contribution is -2.24. The number of rotatable bonds is 7. The lowest BCUT2D eigenvalue weighted by molar-refractivity contribution is 0.296. The predicted octanol–water partition coefficient (Wildman–Crippen LogP) is 2.18. The third kappa shape index (κ3) is 4.41. The SMILES string of the molecule is CNCC1CCN(Cc2c(OC)cc(OC)cc2OC)C1.Cl. The molecule has 126 valence electrons. The Kier molecular flexibility index (Phi) is 7.79. The summed E-state index contributed by atoms with van der Waals surface area (Å²) in [5.74, 6) is 3.12. The highest BCUT2D eigenvalue weighted by Gasteiger charge is 2.24. The number of methoxy groups -OCH3 is 3. The molecular weight excluding hydrogens is 304 g/mol. The van der Waals surface area contributed by atoms with E-state index in [0.29, 0.717) is 0 Å². The van der Waals surface area contributed by atoms with Crippen LogP contribution in [0.25, 0.3) is 0 Å². The molecule has 1 aromatic rings. The Hall–Kier alpha value is -1.17. The van der Waals surface area contributed by atoms with Crippen LogP contribution < -0.4 is 19.5 Å². The molecule has 22 heavy (non-hydrogen) atoms. The maximum atomic E-state index is 5.52. The van der Waals surface area contributed by atoms with Crippen molar-refractivity contribution in [1.82, 2.24) is 10.2 Å². The Balaban J connectivity index is 0.00000242. The average molecular weight is 331 g/mol. The number of nitrogens with one attached hydrogen (secondary N) is 1. The zero-order chi connectivity index (χ0) is 15.2. The predicted molar refractivity (Wildman–Crippen MR) is 90.7 cm³/mol. The lowest BCUT2D eigenvalue weighted by Gasteiger charge is -2.20. The summed E-state index contributed by atoms with van der Waals surface area (Å²) in [7, 11) is 7.03. The molecule has 0 bridgehead atoms. The smallest absolute Gasteiger partial charge is 0.130 e. The molecule has 1 aliphatic heterocycles. The summed E-state index contributed by atoms with van der Waals surface area (Å²) in [6, 6.07) is 3.83. The van der Waals surface area contributed by atoms with Crippen LogP contribution in [-0.4, -0.2) is 52.9 Å². The minimum absolute atomic E-state index is 0. The Labute approximate surface area is 139 Å². The molecule has 1 aromatic carbocycles. The van der Waals surface area contributed by atoms with E-state index in [1.165, 1.54) is 6.42 Å². The zero-order valence-corrected chi connectivity index (χ0v) is 14.7. The van der Waals surface area contributed by atoms with Gasteiger partial charge in [0.15, 0.2) is 0 Å². The molecule has 1 aliphatic rings. The number of benzene rings is 1. The first-order chi connectivity index (χ1) is 10.2. The summed E-state index contributed by atoms with van der Waals surface area (Å²) < 4.78 is 16.3. The Morgan fingerprint density at radius 1 is 1.14 bits per heavy atom. The number of halogens is 1. The fourth-order valence-electron chi connectivity index (χ4n) is 2.97. The van der Waals surface area contributed by atoms with E-state index in [-0.39, 0.29) is 12.4 Å². The maximum Gasteiger partial charge on any atom is 0.130 e. The summed E-state index contributed by atoms with van der Waals surface area (Å²) in [6.45, 7) is 4.15. The summed E-state index contributed by atoms with van der Waals surface area (Å²) in [4.78, 5) is 2.45. The Morgan fingerprint density at radius 2 is 1.77 bits per heavy atom. The number of nitrogens with zero attached hydrogens (tertiary/aromatic N) is 1. The molecule has 1 saturated heterocycles. The van der Waals surface area contributed by atoms with Crippen LogP contribution >= 0.6 is 12.4 Å². The second-order valence-corrected chi connectivity index (χ2v) is 5.46. The van der Waals surface area contributed by atoms with E-state index in [9.17, 15) is 0 Å². The first-order valence-corrected chi connectivity index (χ1v) is 7.37. The molecule has 1 N–H and O–H groups in total. The summed E-state index contributed by atoms with van der Waals surface area (Å²) >= 11 is 0. The monoisotopic (exact) mass is 330 g/mol. The van der Waals surface area contributed by atoms with Gasteiger partial charge in [-0.3, -0.25) is 4.90 Å². The van der Waals surface area contributed by atoms with Gasteiger partial charge < -0.3 is 19.5 Å². The normalized spacial score (nSPS) is 17.9. The topological polar surface area (TPSA) is 43.0 Å². The number of hydrogen-bond acceptors (Lipinski definition) is 5. The summed E-state index contributed by atoms with van der Waals surface area (Å²) in [6.07, 6.45) is 1.24. The van der Waals surface area contributed by atoms with Gasteiger partial charge in [-0.1, -0.05) is 0 Å². The fourth-order valence-corrected chi connectivity index (χ4v) is 2.97. The molecule has 0 aliphatic carbocycles. The van der Waals surface area contributed by atoms with Crippen LogP contribution in [0.2, 0.25) is 0 Å². The highest BCUT2D eigenvalue weighted by Crippen LogP contribution is 2.35. The molecule has 1 unspecified atom stereocenters. The highest BCUT2D eigenvalue weighted by molar-refractivity contribution is 5.85. The van der Waals surface area contributed by atoms with Gasteiger partial charge in [-0.25, -0.2) is 0 Å². The van der Waals surface area contributed by atoms with E-state index in [1.807, 2.05) is 19.2 Å². The summed E-state index contributed by atoms with van der Waals surface area (Å²) in [5.41, 5.74) is 1.09. The Bertz CT molecular complexity index is 446. The van der Waals surface area contributed by atoms with Crippen LogP contribution in [0.5, 0.6) is 17.2 Å². The number of ether oxygens (including phenoxy) is 3. The van der Waals surface area contributed by atoms with E-state index in [2.05, 4.69) is 10.2 Å². The quantitative estimate of drug-likeness (QED) is 0.830. The molecule has 0 amide bonds. The van der Waals surface area contributed by atoms with Gasteiger partial charge >= 0.3 is 0 Å². The number of likely N-dealkylation sites (tertiary alicyclic amines) is 1. The minimum atomic E-state index is 0. The molecule has 0 aromatic heterocycles. The van der Waals surface area contributed by atoms with Gasteiger partial charge in [0.1, 0.15) is 17.2 Å². The third-order valence-corrected chi connectivity index (χ3v) is 4.06. The molecule has 6 heteroatoms. The van der Waals surface area contributed by atoms with E-state index >= 15 is 0 Å². The van der Waals surface area contributed by atoms with Gasteiger partial charge in [-0.15, -0.1) is 12.4 Å². The van der Waals surface area contributed by atoms with Crippen molar-refractivity contribution in [2.24, 2.45) is 5.92 Å². The fraction of sp³-hybridized carbons (Fsp3) is 0.625. The van der Waals surface area contributed by atoms with Crippen LogP contribution in [0.3, 0.4) is 0 Å². The van der Waals surface area contributed by atoms with Crippen LogP contribution in [0.1, 0.15) is 12.0 Å².